The lowest BCUT2D eigenvalue weighted by atomic mass is 9.89. The highest BCUT2D eigenvalue weighted by atomic mass is 32.2. The van der Waals surface area contributed by atoms with E-state index in [2.05, 4.69) is 25.8 Å². The van der Waals surface area contributed by atoms with E-state index in [0.29, 0.717) is 10.9 Å². The number of nitrogens with one attached hydrogen (secondary N) is 1. The van der Waals surface area contributed by atoms with Crippen molar-refractivity contribution >= 4 is 53.1 Å². The van der Waals surface area contributed by atoms with Gasteiger partial charge in [0.05, 0.1) is 5.75 Å². The molecule has 4 heterocycles. The van der Waals surface area contributed by atoms with Crippen LogP contribution in [0.1, 0.15) is 0 Å². The molecule has 11 nitrogen and oxygen atoms in total. The number of aliphatic carboxylic acids is 1. The Hall–Kier alpha value is -2.32. The zero-order chi connectivity index (χ0) is 22.0. The van der Waals surface area contributed by atoms with Gasteiger partial charge < -0.3 is 15.3 Å². The first kappa shape index (κ1) is 21.9. The van der Waals surface area contributed by atoms with E-state index in [1.54, 1.807) is 24.3 Å². The fourth-order valence-corrected chi connectivity index (χ4v) is 6.66. The number of pyridine rings is 1. The first-order chi connectivity index (χ1) is 14.9. The third kappa shape index (κ3) is 4.50. The molecule has 4 rings (SSSR count). The molecule has 0 aliphatic carbocycles. The van der Waals surface area contributed by atoms with E-state index in [-0.39, 0.29) is 35.2 Å². The minimum absolute atomic E-state index is 0.0925. The molecular weight excluding hydrogens is 462 g/mol. The number of aromatic nitrogens is 5. The second kappa shape index (κ2) is 9.04. The van der Waals surface area contributed by atoms with Crippen LogP contribution in [0, 0.1) is 5.41 Å². The van der Waals surface area contributed by atoms with E-state index in [1.165, 1.54) is 40.0 Å². The molecular formula is C17H19N7O4S3. The largest absolute Gasteiger partial charge is 0.481 e. The number of carbonyl (C=O) groups is 3. The van der Waals surface area contributed by atoms with Gasteiger partial charge in [-0.25, -0.2) is 4.68 Å². The van der Waals surface area contributed by atoms with E-state index < -0.39 is 17.4 Å². The van der Waals surface area contributed by atoms with Gasteiger partial charge in [-0.2, -0.15) is 0 Å². The standard InChI is InChI=1S/C17H19N7O4S3/c1-23-16(20-21-22-23)31-9-17(15(27)28)7-24-13(26)12(14(24)30-8-17)19-11(25)6-29-10-2-4-18-5-3-10/h2-5,12,14H,6-9H2,1H3,(H,19,25)(H,27,28)/t12?,14-,17?/m1/s1. The van der Waals surface area contributed by atoms with Crippen molar-refractivity contribution in [2.45, 2.75) is 21.5 Å². The molecule has 31 heavy (non-hydrogen) atoms. The number of thioether (sulfide) groups is 3. The molecule has 14 heteroatoms. The molecule has 3 atom stereocenters. The highest BCUT2D eigenvalue weighted by Crippen LogP contribution is 2.44. The number of carboxylic acid groups (broad SMARTS) is 1. The summed E-state index contributed by atoms with van der Waals surface area (Å²) in [6, 6.07) is 3.00. The molecule has 0 radical (unpaired) electrons. The predicted octanol–water partition coefficient (Wildman–Crippen LogP) is -0.0396. The van der Waals surface area contributed by atoms with Crippen LogP contribution in [0.4, 0.5) is 0 Å². The Kier molecular flexibility index (Phi) is 6.39. The summed E-state index contributed by atoms with van der Waals surface area (Å²) >= 11 is 3.99. The normalized spacial score (nSPS) is 24.9. The van der Waals surface area contributed by atoms with Gasteiger partial charge in [-0.05, 0) is 22.6 Å². The maximum absolute atomic E-state index is 12.6. The van der Waals surface area contributed by atoms with Crippen molar-refractivity contribution in [2.75, 3.05) is 23.8 Å². The van der Waals surface area contributed by atoms with Gasteiger partial charge in [0.15, 0.2) is 0 Å². The second-order valence-electron chi connectivity index (χ2n) is 7.14. The number of hydrogen-bond acceptors (Lipinski definition) is 10. The molecule has 2 aromatic heterocycles. The van der Waals surface area contributed by atoms with Crippen molar-refractivity contribution in [1.29, 1.82) is 0 Å². The minimum Gasteiger partial charge on any atom is -0.481 e. The molecule has 2 aliphatic rings. The van der Waals surface area contributed by atoms with Gasteiger partial charge in [-0.3, -0.25) is 19.4 Å². The molecule has 2 fully saturated rings. The average molecular weight is 482 g/mol. The fraction of sp³-hybridized carbons (Fsp3) is 0.471. The Bertz CT molecular complexity index is 991. The molecule has 2 saturated heterocycles. The molecule has 2 unspecified atom stereocenters. The van der Waals surface area contributed by atoms with Crippen LogP contribution in [-0.4, -0.2) is 88.2 Å². The van der Waals surface area contributed by atoms with E-state index in [9.17, 15) is 19.5 Å². The highest BCUT2D eigenvalue weighted by molar-refractivity contribution is 8.00. The van der Waals surface area contributed by atoms with Gasteiger partial charge in [-0.15, -0.1) is 28.6 Å². The first-order valence-corrected chi connectivity index (χ1v) is 12.2. The maximum Gasteiger partial charge on any atom is 0.313 e. The number of carbonyl (C=O) groups excluding carboxylic acids is 2. The van der Waals surface area contributed by atoms with E-state index >= 15 is 0 Å². The summed E-state index contributed by atoms with van der Waals surface area (Å²) in [5, 5.41) is 24.1. The van der Waals surface area contributed by atoms with Crippen LogP contribution in [0.2, 0.25) is 0 Å². The topological polar surface area (TPSA) is 143 Å². The number of fused-ring (bicyclic) bond motifs is 1. The molecule has 0 aromatic carbocycles. The number of nitrogens with zero attached hydrogens (tertiary/aromatic N) is 6. The van der Waals surface area contributed by atoms with Crippen molar-refractivity contribution in [3.8, 4) is 0 Å². The molecule has 0 saturated carbocycles. The Morgan fingerprint density at radius 2 is 2.13 bits per heavy atom. The monoisotopic (exact) mass is 481 g/mol. The molecule has 0 spiro atoms. The molecule has 2 N–H and O–H groups in total. The number of β-lactam (4-membered cyclic amide) rings is 1. The summed E-state index contributed by atoms with van der Waals surface area (Å²) in [7, 11) is 1.68. The van der Waals surface area contributed by atoms with Crippen LogP contribution in [0.5, 0.6) is 0 Å². The summed E-state index contributed by atoms with van der Waals surface area (Å²) in [5.41, 5.74) is -1.11. The van der Waals surface area contributed by atoms with Crippen LogP contribution in [0.25, 0.3) is 0 Å². The summed E-state index contributed by atoms with van der Waals surface area (Å²) < 4.78 is 1.48. The zero-order valence-corrected chi connectivity index (χ0v) is 18.8. The number of amides is 2. The molecule has 2 aliphatic heterocycles. The number of carboxylic acids is 1. The van der Waals surface area contributed by atoms with Crippen molar-refractivity contribution in [1.82, 2.24) is 35.4 Å². The van der Waals surface area contributed by atoms with Crippen LogP contribution < -0.4 is 5.32 Å². The van der Waals surface area contributed by atoms with E-state index in [0.717, 1.165) is 4.90 Å². The van der Waals surface area contributed by atoms with E-state index in [1.807, 2.05) is 12.1 Å². The van der Waals surface area contributed by atoms with Gasteiger partial charge in [0.1, 0.15) is 16.8 Å². The fourth-order valence-electron chi connectivity index (χ4n) is 3.25. The summed E-state index contributed by atoms with van der Waals surface area (Å²) in [5.74, 6) is -0.703. The van der Waals surface area contributed by atoms with Crippen molar-refractivity contribution < 1.29 is 19.5 Å². The average Bonchev–Trinajstić information content (AvgIpc) is 3.19. The summed E-state index contributed by atoms with van der Waals surface area (Å²) in [6.45, 7) is 0.0925. The third-order valence-corrected chi connectivity index (χ3v) is 8.89. The molecule has 164 valence electrons. The Morgan fingerprint density at radius 3 is 2.81 bits per heavy atom. The Balaban J connectivity index is 1.33. The van der Waals surface area contributed by atoms with Crippen molar-refractivity contribution in [3.05, 3.63) is 24.5 Å². The SMILES string of the molecule is Cn1nnnc1SCC1(C(=O)O)CS[C@@H]2C(NC(=O)CSc3ccncc3)C(=O)N2C1. The number of aryl methyl sites for hydroxylation is 1. The number of hydrogen-bond donors (Lipinski definition) is 2. The smallest absolute Gasteiger partial charge is 0.313 e. The van der Waals surface area contributed by atoms with Crippen LogP contribution in [0.15, 0.2) is 34.6 Å². The first-order valence-electron chi connectivity index (χ1n) is 9.22. The predicted molar refractivity (Wildman–Crippen MR) is 114 cm³/mol. The van der Waals surface area contributed by atoms with Gasteiger partial charge in [-0.1, -0.05) is 11.8 Å². The molecule has 2 aromatic rings. The lowest BCUT2D eigenvalue weighted by Crippen LogP contribution is -2.74. The van der Waals surface area contributed by atoms with Gasteiger partial charge in [0.25, 0.3) is 0 Å². The lowest BCUT2D eigenvalue weighted by molar-refractivity contribution is -0.157. The molecule has 0 bridgehead atoms. The summed E-state index contributed by atoms with van der Waals surface area (Å²) in [4.78, 5) is 43.4. The van der Waals surface area contributed by atoms with E-state index in [4.69, 9.17) is 0 Å². The van der Waals surface area contributed by atoms with Gasteiger partial charge >= 0.3 is 5.97 Å². The summed E-state index contributed by atoms with van der Waals surface area (Å²) in [6.07, 6.45) is 3.31. The van der Waals surface area contributed by atoms with Crippen molar-refractivity contribution in [3.63, 3.8) is 0 Å². The van der Waals surface area contributed by atoms with Crippen molar-refractivity contribution in [2.24, 2.45) is 12.5 Å². The Morgan fingerprint density at radius 1 is 1.35 bits per heavy atom. The molecule has 2 amide bonds. The number of tetrazole rings is 1. The zero-order valence-electron chi connectivity index (χ0n) is 16.4. The quantitative estimate of drug-likeness (QED) is 0.387. The van der Waals surface area contributed by atoms with Crippen LogP contribution in [0.3, 0.4) is 0 Å². The lowest BCUT2D eigenvalue weighted by Gasteiger charge is -2.53. The highest BCUT2D eigenvalue weighted by Gasteiger charge is 2.57. The maximum atomic E-state index is 12.6. The minimum atomic E-state index is -1.11. The number of rotatable bonds is 8. The van der Waals surface area contributed by atoms with Gasteiger partial charge in [0, 0.05) is 42.4 Å². The third-order valence-electron chi connectivity index (χ3n) is 4.99. The van der Waals surface area contributed by atoms with Crippen LogP contribution in [-0.2, 0) is 21.4 Å². The van der Waals surface area contributed by atoms with Gasteiger partial charge in [0.2, 0.25) is 17.0 Å². The Labute approximate surface area is 190 Å². The van der Waals surface area contributed by atoms with Crippen LogP contribution >= 0.6 is 35.3 Å². The second-order valence-corrected chi connectivity index (χ2v) is 10.2.